The Morgan fingerprint density at radius 3 is 2.69 bits per heavy atom. The zero-order valence-electron chi connectivity index (χ0n) is 9.18. The number of methoxy groups -OCH3 is 1. The Balaban J connectivity index is 2.36. The van der Waals surface area contributed by atoms with Crippen LogP contribution in [-0.2, 0) is 0 Å². The van der Waals surface area contributed by atoms with Gasteiger partial charge in [-0.15, -0.1) is 0 Å². The van der Waals surface area contributed by atoms with Crippen molar-refractivity contribution in [3.05, 3.63) is 41.7 Å². The molecule has 5 nitrogen and oxygen atoms in total. The van der Waals surface area contributed by atoms with E-state index in [1.165, 1.54) is 7.11 Å². The molecule has 2 aromatic heterocycles. The molecular formula is C11H13N3O2. The summed E-state index contributed by atoms with van der Waals surface area (Å²) in [5.41, 5.74) is 6.60. The third kappa shape index (κ3) is 1.90. The van der Waals surface area contributed by atoms with E-state index in [1.54, 1.807) is 12.4 Å². The summed E-state index contributed by atoms with van der Waals surface area (Å²) in [5.74, 6) is 1.88. The minimum absolute atomic E-state index is 0.420. The predicted octanol–water partition coefficient (Wildman–Crippen LogP) is 1.43. The van der Waals surface area contributed by atoms with Crippen molar-refractivity contribution >= 4 is 0 Å². The molecule has 2 rings (SSSR count). The highest BCUT2D eigenvalue weighted by Gasteiger charge is 2.19. The van der Waals surface area contributed by atoms with Gasteiger partial charge in [0.2, 0.25) is 5.88 Å². The molecule has 0 fully saturated rings. The van der Waals surface area contributed by atoms with E-state index in [0.717, 1.165) is 5.76 Å². The third-order valence-electron chi connectivity index (χ3n) is 2.25. The van der Waals surface area contributed by atoms with Crippen LogP contribution in [0.25, 0.3) is 0 Å². The highest BCUT2D eigenvalue weighted by atomic mass is 16.5. The van der Waals surface area contributed by atoms with E-state index in [4.69, 9.17) is 14.9 Å². The number of nitrogens with two attached hydrogens (primary N) is 1. The van der Waals surface area contributed by atoms with Gasteiger partial charge in [-0.05, 0) is 19.1 Å². The van der Waals surface area contributed by atoms with Gasteiger partial charge in [-0.2, -0.15) is 0 Å². The summed E-state index contributed by atoms with van der Waals surface area (Å²) in [6.07, 6.45) is 3.13. The van der Waals surface area contributed by atoms with E-state index in [9.17, 15) is 0 Å². The Bertz CT molecular complexity index is 482. The minimum atomic E-state index is -0.461. The van der Waals surface area contributed by atoms with Crippen molar-refractivity contribution < 1.29 is 9.15 Å². The monoisotopic (exact) mass is 219 g/mol. The lowest BCUT2D eigenvalue weighted by molar-refractivity contribution is 0.381. The summed E-state index contributed by atoms with van der Waals surface area (Å²) in [5, 5.41) is 0. The van der Waals surface area contributed by atoms with Crippen LogP contribution < -0.4 is 10.5 Å². The molecule has 2 N–H and O–H groups in total. The Morgan fingerprint density at radius 1 is 1.31 bits per heavy atom. The average molecular weight is 219 g/mol. The first-order valence-corrected chi connectivity index (χ1v) is 4.89. The van der Waals surface area contributed by atoms with E-state index >= 15 is 0 Å². The molecule has 0 aliphatic rings. The fourth-order valence-electron chi connectivity index (χ4n) is 1.46. The van der Waals surface area contributed by atoms with Gasteiger partial charge in [-0.3, -0.25) is 4.98 Å². The van der Waals surface area contributed by atoms with Gasteiger partial charge in [0, 0.05) is 12.4 Å². The highest BCUT2D eigenvalue weighted by molar-refractivity contribution is 5.27. The topological polar surface area (TPSA) is 74.2 Å². The second-order valence-electron chi connectivity index (χ2n) is 3.38. The summed E-state index contributed by atoms with van der Waals surface area (Å²) in [4.78, 5) is 8.21. The maximum absolute atomic E-state index is 6.03. The summed E-state index contributed by atoms with van der Waals surface area (Å²) >= 11 is 0. The molecule has 1 atom stereocenters. The molecule has 5 heteroatoms. The molecule has 0 saturated carbocycles. The van der Waals surface area contributed by atoms with Crippen molar-refractivity contribution in [1.29, 1.82) is 0 Å². The lowest BCUT2D eigenvalue weighted by Gasteiger charge is -2.10. The molecule has 0 aliphatic carbocycles. The number of hydrogen-bond donors (Lipinski definition) is 1. The van der Waals surface area contributed by atoms with Crippen molar-refractivity contribution in [3.63, 3.8) is 0 Å². The summed E-state index contributed by atoms with van der Waals surface area (Å²) in [6.45, 7) is 1.87. The summed E-state index contributed by atoms with van der Waals surface area (Å²) in [6, 6.07) is 3.23. The number of rotatable bonds is 3. The van der Waals surface area contributed by atoms with Gasteiger partial charge in [-0.25, -0.2) is 4.98 Å². The molecule has 0 saturated heterocycles. The van der Waals surface area contributed by atoms with E-state index in [1.807, 2.05) is 19.1 Å². The van der Waals surface area contributed by atoms with Gasteiger partial charge >= 0.3 is 0 Å². The van der Waals surface area contributed by atoms with Crippen LogP contribution in [0.15, 0.2) is 28.9 Å². The molecule has 84 valence electrons. The van der Waals surface area contributed by atoms with Gasteiger partial charge in [0.15, 0.2) is 0 Å². The molecule has 0 spiro atoms. The first-order chi connectivity index (χ1) is 7.72. The van der Waals surface area contributed by atoms with Crippen molar-refractivity contribution in [1.82, 2.24) is 9.97 Å². The SMILES string of the molecule is COc1nccnc1C(N)c1ccc(C)o1. The molecule has 0 bridgehead atoms. The molecule has 2 heterocycles. The maximum atomic E-state index is 6.03. The molecule has 0 radical (unpaired) electrons. The van der Waals surface area contributed by atoms with Crippen molar-refractivity contribution in [2.45, 2.75) is 13.0 Å². The average Bonchev–Trinajstić information content (AvgIpc) is 2.75. The second kappa shape index (κ2) is 4.32. The lowest BCUT2D eigenvalue weighted by Crippen LogP contribution is -2.14. The third-order valence-corrected chi connectivity index (χ3v) is 2.25. The van der Waals surface area contributed by atoms with Crippen LogP contribution in [0.1, 0.15) is 23.3 Å². The molecule has 0 aromatic carbocycles. The second-order valence-corrected chi connectivity index (χ2v) is 3.38. The predicted molar refractivity (Wildman–Crippen MR) is 58.1 cm³/mol. The normalized spacial score (nSPS) is 12.4. The van der Waals surface area contributed by atoms with E-state index in [0.29, 0.717) is 17.3 Å². The van der Waals surface area contributed by atoms with Crippen LogP contribution in [0.4, 0.5) is 0 Å². The van der Waals surface area contributed by atoms with Crippen LogP contribution >= 0.6 is 0 Å². The zero-order chi connectivity index (χ0) is 11.5. The molecular weight excluding hydrogens is 206 g/mol. The maximum Gasteiger partial charge on any atom is 0.237 e. The smallest absolute Gasteiger partial charge is 0.237 e. The molecule has 2 aromatic rings. The molecule has 16 heavy (non-hydrogen) atoms. The molecule has 0 amide bonds. The van der Waals surface area contributed by atoms with Crippen molar-refractivity contribution in [2.75, 3.05) is 7.11 Å². The zero-order valence-corrected chi connectivity index (χ0v) is 9.18. The van der Waals surface area contributed by atoms with Gasteiger partial charge in [0.05, 0.1) is 7.11 Å². The number of furan rings is 1. The van der Waals surface area contributed by atoms with E-state index in [2.05, 4.69) is 9.97 Å². The number of nitrogens with zero attached hydrogens (tertiary/aromatic N) is 2. The fraction of sp³-hybridized carbons (Fsp3) is 0.273. The van der Waals surface area contributed by atoms with Gasteiger partial charge in [-0.1, -0.05) is 0 Å². The number of aryl methyl sites for hydroxylation is 1. The van der Waals surface area contributed by atoms with Crippen LogP contribution in [0.5, 0.6) is 5.88 Å². The van der Waals surface area contributed by atoms with E-state index < -0.39 is 6.04 Å². The summed E-state index contributed by atoms with van der Waals surface area (Å²) < 4.78 is 10.6. The molecule has 1 unspecified atom stereocenters. The standard InChI is InChI=1S/C11H13N3O2/c1-7-3-4-8(16-7)9(12)10-11(15-2)14-6-5-13-10/h3-6,9H,12H2,1-2H3. The Kier molecular flexibility index (Phi) is 2.87. The Labute approximate surface area is 93.3 Å². The van der Waals surface area contributed by atoms with Crippen LogP contribution in [0.2, 0.25) is 0 Å². The Hall–Kier alpha value is -1.88. The largest absolute Gasteiger partial charge is 0.480 e. The van der Waals surface area contributed by atoms with E-state index in [-0.39, 0.29) is 0 Å². The van der Waals surface area contributed by atoms with Crippen LogP contribution in [-0.4, -0.2) is 17.1 Å². The number of aromatic nitrogens is 2. The fourth-order valence-corrected chi connectivity index (χ4v) is 1.46. The van der Waals surface area contributed by atoms with Gasteiger partial charge in [0.25, 0.3) is 0 Å². The molecule has 0 aliphatic heterocycles. The van der Waals surface area contributed by atoms with Crippen molar-refractivity contribution in [2.24, 2.45) is 5.73 Å². The summed E-state index contributed by atoms with van der Waals surface area (Å²) in [7, 11) is 1.54. The van der Waals surface area contributed by atoms with Gasteiger partial charge < -0.3 is 14.9 Å². The van der Waals surface area contributed by atoms with Crippen LogP contribution in [0, 0.1) is 6.92 Å². The quantitative estimate of drug-likeness (QED) is 0.845. The lowest BCUT2D eigenvalue weighted by atomic mass is 10.2. The number of ether oxygens (including phenoxy) is 1. The van der Waals surface area contributed by atoms with Crippen molar-refractivity contribution in [3.8, 4) is 5.88 Å². The van der Waals surface area contributed by atoms with Crippen LogP contribution in [0.3, 0.4) is 0 Å². The Morgan fingerprint density at radius 2 is 2.06 bits per heavy atom. The first kappa shape index (κ1) is 10.6. The number of hydrogen-bond acceptors (Lipinski definition) is 5. The minimum Gasteiger partial charge on any atom is -0.480 e. The van der Waals surface area contributed by atoms with Gasteiger partial charge in [0.1, 0.15) is 23.3 Å². The first-order valence-electron chi connectivity index (χ1n) is 4.89. The highest BCUT2D eigenvalue weighted by Crippen LogP contribution is 2.25.